The molecule has 1 amide bonds. The molecule has 1 aromatic heterocycles. The van der Waals surface area contributed by atoms with Crippen LogP contribution in [0.1, 0.15) is 61.3 Å². The molecule has 1 atom stereocenters. The van der Waals surface area contributed by atoms with E-state index < -0.39 is 0 Å². The summed E-state index contributed by atoms with van der Waals surface area (Å²) < 4.78 is 6.20. The molecule has 7 heteroatoms. The van der Waals surface area contributed by atoms with Gasteiger partial charge in [-0.25, -0.2) is 4.98 Å². The summed E-state index contributed by atoms with van der Waals surface area (Å²) in [6.07, 6.45) is 8.95. The number of carbonyl (C=O) groups excluding carboxylic acids is 1. The molecule has 1 saturated carbocycles. The molecule has 3 fully saturated rings. The number of ether oxygens (including phenoxy) is 1. The van der Waals surface area contributed by atoms with Crippen LogP contribution in [-0.4, -0.2) is 82.3 Å². The molecule has 3 heterocycles. The van der Waals surface area contributed by atoms with Gasteiger partial charge in [-0.3, -0.25) is 4.79 Å². The number of aliphatic hydroxyl groups is 1. The highest BCUT2D eigenvalue weighted by Gasteiger charge is 2.43. The fourth-order valence-electron chi connectivity index (χ4n) is 5.21. The molecular weight excluding hydrogens is 356 g/mol. The van der Waals surface area contributed by atoms with Crippen molar-refractivity contribution in [2.45, 2.75) is 70.1 Å². The fraction of sp³-hybridized carbons (Fsp3) is 0.810. The maximum absolute atomic E-state index is 12.6. The van der Waals surface area contributed by atoms with E-state index in [0.717, 1.165) is 77.0 Å². The number of aromatic amines is 1. The monoisotopic (exact) mass is 390 g/mol. The summed E-state index contributed by atoms with van der Waals surface area (Å²) >= 11 is 0. The molecule has 1 aromatic rings. The van der Waals surface area contributed by atoms with Crippen molar-refractivity contribution in [2.75, 3.05) is 33.3 Å². The highest BCUT2D eigenvalue weighted by atomic mass is 16.5. The minimum atomic E-state index is -0.103. The number of amides is 1. The lowest BCUT2D eigenvalue weighted by molar-refractivity contribution is 0.0335. The Morgan fingerprint density at radius 2 is 2.07 bits per heavy atom. The molecule has 4 rings (SSSR count). The predicted molar refractivity (Wildman–Crippen MR) is 106 cm³/mol. The van der Waals surface area contributed by atoms with E-state index in [2.05, 4.69) is 21.9 Å². The number of hydrogen-bond acceptors (Lipinski definition) is 5. The number of H-pyrrole nitrogens is 1. The summed E-state index contributed by atoms with van der Waals surface area (Å²) in [7, 11) is 2.20. The lowest BCUT2D eigenvalue weighted by Crippen LogP contribution is -2.44. The molecule has 2 N–H and O–H groups in total. The molecule has 3 aliphatic rings. The SMILES string of the molecule is Cc1ncc(C(=O)N2CCC3(CC2)CO[C@H](CN(C)C2CCC(O)CC2)C3)[nH]1. The largest absolute Gasteiger partial charge is 0.393 e. The van der Waals surface area contributed by atoms with Gasteiger partial charge in [-0.2, -0.15) is 0 Å². The van der Waals surface area contributed by atoms with Crippen LogP contribution >= 0.6 is 0 Å². The van der Waals surface area contributed by atoms with Crippen molar-refractivity contribution in [1.82, 2.24) is 19.8 Å². The van der Waals surface area contributed by atoms with Crippen LogP contribution in [0.2, 0.25) is 0 Å². The standard InChI is InChI=1S/C21H34N4O3/c1-15-22-12-19(23-15)20(27)25-9-7-21(8-10-25)11-18(28-14-21)13-24(2)16-3-5-17(26)6-4-16/h12,16-18,26H,3-11,13-14H2,1-2H3,(H,22,23)/t16?,17?,18-/m0/s1. The number of aliphatic hydroxyl groups excluding tert-OH is 1. The minimum absolute atomic E-state index is 0.0603. The van der Waals surface area contributed by atoms with Gasteiger partial charge in [-0.1, -0.05) is 0 Å². The quantitative estimate of drug-likeness (QED) is 0.821. The zero-order valence-corrected chi connectivity index (χ0v) is 17.2. The Balaban J connectivity index is 1.26. The van der Waals surface area contributed by atoms with Gasteiger partial charge in [0.1, 0.15) is 11.5 Å². The number of nitrogens with one attached hydrogen (secondary N) is 1. The van der Waals surface area contributed by atoms with Crippen molar-refractivity contribution < 1.29 is 14.6 Å². The predicted octanol–water partition coefficient (Wildman–Crippen LogP) is 1.96. The van der Waals surface area contributed by atoms with Gasteiger partial charge in [0.2, 0.25) is 0 Å². The number of hydrogen-bond donors (Lipinski definition) is 2. The van der Waals surface area contributed by atoms with E-state index in [9.17, 15) is 9.90 Å². The third kappa shape index (κ3) is 4.26. The summed E-state index contributed by atoms with van der Waals surface area (Å²) in [6, 6.07) is 0.570. The molecule has 28 heavy (non-hydrogen) atoms. The van der Waals surface area contributed by atoms with E-state index in [1.807, 2.05) is 11.8 Å². The van der Waals surface area contributed by atoms with E-state index in [1.165, 1.54) is 0 Å². The molecule has 2 saturated heterocycles. The number of carbonyl (C=O) groups is 1. The topological polar surface area (TPSA) is 81.7 Å². The number of piperidine rings is 1. The van der Waals surface area contributed by atoms with Crippen molar-refractivity contribution in [3.8, 4) is 0 Å². The van der Waals surface area contributed by atoms with Crippen LogP contribution < -0.4 is 0 Å². The van der Waals surface area contributed by atoms with Crippen molar-refractivity contribution >= 4 is 5.91 Å². The second-order valence-corrected chi connectivity index (χ2v) is 9.21. The summed E-state index contributed by atoms with van der Waals surface area (Å²) in [4.78, 5) is 24.2. The second kappa shape index (κ2) is 8.13. The summed E-state index contributed by atoms with van der Waals surface area (Å²) in [5, 5.41) is 9.72. The Hall–Kier alpha value is -1.44. The molecule has 156 valence electrons. The Morgan fingerprint density at radius 3 is 2.71 bits per heavy atom. The van der Waals surface area contributed by atoms with Gasteiger partial charge >= 0.3 is 0 Å². The second-order valence-electron chi connectivity index (χ2n) is 9.21. The lowest BCUT2D eigenvalue weighted by atomic mass is 9.76. The third-order valence-electron chi connectivity index (χ3n) is 7.11. The molecule has 7 nitrogen and oxygen atoms in total. The van der Waals surface area contributed by atoms with Gasteiger partial charge in [0, 0.05) is 25.7 Å². The smallest absolute Gasteiger partial charge is 0.271 e. The van der Waals surface area contributed by atoms with Crippen LogP contribution in [0.25, 0.3) is 0 Å². The number of aromatic nitrogens is 2. The van der Waals surface area contributed by atoms with Gasteiger partial charge in [0.25, 0.3) is 5.91 Å². The van der Waals surface area contributed by atoms with Crippen LogP contribution in [0.5, 0.6) is 0 Å². The lowest BCUT2D eigenvalue weighted by Gasteiger charge is -2.38. The number of nitrogens with zero attached hydrogens (tertiary/aromatic N) is 3. The average molecular weight is 391 g/mol. The van der Waals surface area contributed by atoms with Gasteiger partial charge in [0.05, 0.1) is 25.0 Å². The number of aryl methyl sites for hydroxylation is 1. The van der Waals surface area contributed by atoms with Crippen LogP contribution in [0.3, 0.4) is 0 Å². The molecule has 0 aromatic carbocycles. The Morgan fingerprint density at radius 1 is 1.36 bits per heavy atom. The first-order chi connectivity index (χ1) is 13.4. The number of imidazole rings is 1. The summed E-state index contributed by atoms with van der Waals surface area (Å²) in [5.41, 5.74) is 0.822. The highest BCUT2D eigenvalue weighted by molar-refractivity contribution is 5.92. The molecule has 0 radical (unpaired) electrons. The van der Waals surface area contributed by atoms with Crippen LogP contribution in [0.15, 0.2) is 6.20 Å². The first-order valence-corrected chi connectivity index (χ1v) is 10.7. The number of likely N-dealkylation sites (tertiary alicyclic amines) is 1. The highest BCUT2D eigenvalue weighted by Crippen LogP contribution is 2.42. The molecule has 2 aliphatic heterocycles. The average Bonchev–Trinajstić information content (AvgIpc) is 3.29. The van der Waals surface area contributed by atoms with E-state index in [-0.39, 0.29) is 23.5 Å². The Labute approximate surface area is 167 Å². The number of rotatable bonds is 4. The van der Waals surface area contributed by atoms with Crippen molar-refractivity contribution in [1.29, 1.82) is 0 Å². The molecular formula is C21H34N4O3. The van der Waals surface area contributed by atoms with Gasteiger partial charge in [0.15, 0.2) is 0 Å². The van der Waals surface area contributed by atoms with Crippen molar-refractivity contribution in [3.63, 3.8) is 0 Å². The van der Waals surface area contributed by atoms with Crippen molar-refractivity contribution in [2.24, 2.45) is 5.41 Å². The van der Waals surface area contributed by atoms with Gasteiger partial charge in [-0.05, 0) is 64.3 Å². The van der Waals surface area contributed by atoms with Crippen LogP contribution in [0.4, 0.5) is 0 Å². The number of likely N-dealkylation sites (N-methyl/N-ethyl adjacent to an activating group) is 1. The van der Waals surface area contributed by atoms with Gasteiger partial charge < -0.3 is 24.6 Å². The Bertz CT molecular complexity index is 675. The zero-order valence-electron chi connectivity index (χ0n) is 17.2. The van der Waals surface area contributed by atoms with Crippen molar-refractivity contribution in [3.05, 3.63) is 17.7 Å². The maximum Gasteiger partial charge on any atom is 0.271 e. The minimum Gasteiger partial charge on any atom is -0.393 e. The molecule has 1 aliphatic carbocycles. The van der Waals surface area contributed by atoms with E-state index in [0.29, 0.717) is 11.7 Å². The van der Waals surface area contributed by atoms with Gasteiger partial charge in [-0.15, -0.1) is 0 Å². The van der Waals surface area contributed by atoms with E-state index in [1.54, 1.807) is 6.20 Å². The normalized spacial score (nSPS) is 30.3. The van der Waals surface area contributed by atoms with Crippen LogP contribution in [0, 0.1) is 12.3 Å². The third-order valence-corrected chi connectivity index (χ3v) is 7.11. The molecule has 1 spiro atoms. The van der Waals surface area contributed by atoms with E-state index in [4.69, 9.17) is 4.74 Å². The summed E-state index contributed by atoms with van der Waals surface area (Å²) in [6.45, 7) is 5.25. The fourth-order valence-corrected chi connectivity index (χ4v) is 5.21. The van der Waals surface area contributed by atoms with Crippen LogP contribution in [-0.2, 0) is 4.74 Å². The first kappa shape index (κ1) is 19.9. The molecule has 0 unspecified atom stereocenters. The van der Waals surface area contributed by atoms with E-state index >= 15 is 0 Å². The first-order valence-electron chi connectivity index (χ1n) is 10.7. The summed E-state index contributed by atoms with van der Waals surface area (Å²) in [5.74, 6) is 0.839. The Kier molecular flexibility index (Phi) is 5.76. The molecule has 0 bridgehead atoms. The maximum atomic E-state index is 12.6. The zero-order chi connectivity index (χ0) is 19.7.